The van der Waals surface area contributed by atoms with Gasteiger partial charge in [-0.2, -0.15) is 5.26 Å². The van der Waals surface area contributed by atoms with Gasteiger partial charge in [-0.05, 0) is 35.6 Å². The Morgan fingerprint density at radius 3 is 2.55 bits per heavy atom. The molecular formula is C24H20BrF2N3O. The van der Waals surface area contributed by atoms with Crippen LogP contribution in [0, 0.1) is 28.4 Å². The van der Waals surface area contributed by atoms with E-state index in [0.29, 0.717) is 24.1 Å². The standard InChI is InChI=1S/C24H20BrF2N3O/c1-24(2)10-19-22(20(31)11-24)21(14-5-3-4-6-16(14)25)15(12-28)23(29)30(19)18-8-7-13(26)9-17(18)27/h3-9,21H,10-11,29H2,1-2H3. The highest BCUT2D eigenvalue weighted by Gasteiger charge is 2.45. The molecule has 4 nitrogen and oxygen atoms in total. The van der Waals surface area contributed by atoms with Crippen LogP contribution in [0.3, 0.4) is 0 Å². The Balaban J connectivity index is 2.04. The summed E-state index contributed by atoms with van der Waals surface area (Å²) in [6, 6.07) is 12.7. The number of nitriles is 1. The van der Waals surface area contributed by atoms with Gasteiger partial charge in [0.1, 0.15) is 17.5 Å². The van der Waals surface area contributed by atoms with Crippen LogP contribution < -0.4 is 10.6 Å². The lowest BCUT2D eigenvalue weighted by atomic mass is 9.68. The average molecular weight is 484 g/mol. The number of ketones is 1. The molecule has 158 valence electrons. The molecule has 31 heavy (non-hydrogen) atoms. The molecule has 4 rings (SSSR count). The lowest BCUT2D eigenvalue weighted by molar-refractivity contribution is -0.118. The molecule has 1 aliphatic heterocycles. The summed E-state index contributed by atoms with van der Waals surface area (Å²) >= 11 is 3.52. The van der Waals surface area contributed by atoms with Crippen molar-refractivity contribution in [2.24, 2.45) is 11.1 Å². The Hall–Kier alpha value is -2.98. The van der Waals surface area contributed by atoms with Gasteiger partial charge in [-0.1, -0.05) is 48.0 Å². The molecule has 1 aliphatic carbocycles. The Kier molecular flexibility index (Phi) is 5.22. The van der Waals surface area contributed by atoms with Crippen molar-refractivity contribution < 1.29 is 13.6 Å². The van der Waals surface area contributed by atoms with Gasteiger partial charge in [-0.25, -0.2) is 8.78 Å². The van der Waals surface area contributed by atoms with Crippen LogP contribution >= 0.6 is 15.9 Å². The maximum absolute atomic E-state index is 14.8. The Morgan fingerprint density at radius 2 is 1.90 bits per heavy atom. The average Bonchev–Trinajstić information content (AvgIpc) is 2.68. The number of hydrogen-bond donors (Lipinski definition) is 1. The molecule has 0 fully saturated rings. The number of carbonyl (C=O) groups excluding carboxylic acids is 1. The third kappa shape index (κ3) is 3.55. The zero-order valence-electron chi connectivity index (χ0n) is 17.0. The first kappa shape index (κ1) is 21.3. The number of carbonyl (C=O) groups is 1. The van der Waals surface area contributed by atoms with Crippen molar-refractivity contribution in [3.05, 3.63) is 86.8 Å². The zero-order valence-corrected chi connectivity index (χ0v) is 18.6. The van der Waals surface area contributed by atoms with E-state index in [0.717, 1.165) is 22.2 Å². The van der Waals surface area contributed by atoms with Crippen LogP contribution in [0.15, 0.2) is 69.6 Å². The smallest absolute Gasteiger partial charge is 0.162 e. The van der Waals surface area contributed by atoms with Gasteiger partial charge in [0.2, 0.25) is 0 Å². The summed E-state index contributed by atoms with van der Waals surface area (Å²) in [4.78, 5) is 14.8. The first-order chi connectivity index (χ1) is 14.6. The number of halogens is 3. The quantitative estimate of drug-likeness (QED) is 0.597. The fourth-order valence-electron chi connectivity index (χ4n) is 4.47. The molecule has 2 aliphatic rings. The molecule has 7 heteroatoms. The molecule has 1 atom stereocenters. The first-order valence-corrected chi connectivity index (χ1v) is 10.6. The highest BCUT2D eigenvalue weighted by atomic mass is 79.9. The van der Waals surface area contributed by atoms with Gasteiger partial charge in [0.15, 0.2) is 5.78 Å². The summed E-state index contributed by atoms with van der Waals surface area (Å²) in [6.45, 7) is 3.92. The SMILES string of the molecule is CC1(C)CC(=O)C2=C(C1)N(c1ccc(F)cc1F)C(N)=C(C#N)C2c1ccccc1Br. The highest BCUT2D eigenvalue weighted by Crippen LogP contribution is 2.51. The van der Waals surface area contributed by atoms with E-state index in [2.05, 4.69) is 22.0 Å². The molecule has 1 unspecified atom stereocenters. The van der Waals surface area contributed by atoms with E-state index in [-0.39, 0.29) is 28.3 Å². The molecule has 2 aromatic carbocycles. The third-order valence-corrected chi connectivity index (χ3v) is 6.47. The fourth-order valence-corrected chi connectivity index (χ4v) is 4.98. The van der Waals surface area contributed by atoms with Crippen LogP contribution in [0.25, 0.3) is 0 Å². The van der Waals surface area contributed by atoms with Crippen molar-refractivity contribution in [1.82, 2.24) is 0 Å². The highest BCUT2D eigenvalue weighted by molar-refractivity contribution is 9.10. The summed E-state index contributed by atoms with van der Waals surface area (Å²) in [6.07, 6.45) is 0.746. The molecule has 0 aromatic heterocycles. The van der Waals surface area contributed by atoms with Crippen molar-refractivity contribution in [2.75, 3.05) is 4.90 Å². The molecule has 0 radical (unpaired) electrons. The molecule has 0 saturated heterocycles. The van der Waals surface area contributed by atoms with E-state index in [9.17, 15) is 18.8 Å². The predicted molar refractivity (Wildman–Crippen MR) is 118 cm³/mol. The number of benzene rings is 2. The number of nitrogens with two attached hydrogens (primary N) is 1. The van der Waals surface area contributed by atoms with Gasteiger partial charge in [-0.15, -0.1) is 0 Å². The molecular weight excluding hydrogens is 464 g/mol. The van der Waals surface area contributed by atoms with Crippen molar-refractivity contribution in [1.29, 1.82) is 5.26 Å². The van der Waals surface area contributed by atoms with Crippen LogP contribution in [0.2, 0.25) is 0 Å². The van der Waals surface area contributed by atoms with Gasteiger partial charge in [0.25, 0.3) is 0 Å². The summed E-state index contributed by atoms with van der Waals surface area (Å²) in [5, 5.41) is 10.0. The summed E-state index contributed by atoms with van der Waals surface area (Å²) in [5.41, 5.74) is 7.95. The fraction of sp³-hybridized carbons (Fsp3) is 0.250. The molecule has 0 bridgehead atoms. The number of allylic oxidation sites excluding steroid dienone is 3. The van der Waals surface area contributed by atoms with Crippen LogP contribution in [0.1, 0.15) is 38.2 Å². The Bertz CT molecular complexity index is 1210. The van der Waals surface area contributed by atoms with Gasteiger partial charge >= 0.3 is 0 Å². The Morgan fingerprint density at radius 1 is 1.19 bits per heavy atom. The molecule has 2 N–H and O–H groups in total. The molecule has 0 spiro atoms. The van der Waals surface area contributed by atoms with Crippen molar-refractivity contribution in [3.63, 3.8) is 0 Å². The Labute approximate surface area is 187 Å². The number of Topliss-reactive ketones (excluding diaryl/α,β-unsaturated/α-hetero) is 1. The lowest BCUT2D eigenvalue weighted by Gasteiger charge is -2.44. The minimum Gasteiger partial charge on any atom is -0.384 e. The predicted octanol–water partition coefficient (Wildman–Crippen LogP) is 5.67. The second-order valence-corrected chi connectivity index (χ2v) is 9.45. The van der Waals surface area contributed by atoms with Crippen LogP contribution in [0.4, 0.5) is 14.5 Å². The maximum atomic E-state index is 14.8. The van der Waals surface area contributed by atoms with Crippen LogP contribution in [-0.4, -0.2) is 5.78 Å². The van der Waals surface area contributed by atoms with E-state index in [1.54, 1.807) is 0 Å². The molecule has 0 amide bonds. The normalized spacial score (nSPS) is 20.6. The number of hydrogen-bond acceptors (Lipinski definition) is 4. The van der Waals surface area contributed by atoms with Crippen molar-refractivity contribution in [2.45, 2.75) is 32.6 Å². The molecule has 1 heterocycles. The van der Waals surface area contributed by atoms with E-state index >= 15 is 0 Å². The summed E-state index contributed by atoms with van der Waals surface area (Å²) in [5.74, 6) is -2.28. The zero-order chi connectivity index (χ0) is 22.5. The van der Waals surface area contributed by atoms with E-state index < -0.39 is 17.6 Å². The van der Waals surface area contributed by atoms with Crippen LogP contribution in [0.5, 0.6) is 0 Å². The van der Waals surface area contributed by atoms with Crippen molar-refractivity contribution >= 4 is 27.4 Å². The van der Waals surface area contributed by atoms with Gasteiger partial charge < -0.3 is 5.73 Å². The number of rotatable bonds is 2. The second-order valence-electron chi connectivity index (χ2n) is 8.60. The number of nitrogens with zero attached hydrogens (tertiary/aromatic N) is 2. The van der Waals surface area contributed by atoms with Gasteiger partial charge in [0.05, 0.1) is 23.2 Å². The minimum atomic E-state index is -0.817. The van der Waals surface area contributed by atoms with Gasteiger partial charge in [-0.3, -0.25) is 9.69 Å². The topological polar surface area (TPSA) is 70.1 Å². The summed E-state index contributed by atoms with van der Waals surface area (Å²) in [7, 11) is 0. The molecule has 2 aromatic rings. The van der Waals surface area contributed by atoms with E-state index in [1.165, 1.54) is 11.0 Å². The summed E-state index contributed by atoms with van der Waals surface area (Å²) < 4.78 is 29.1. The largest absolute Gasteiger partial charge is 0.384 e. The maximum Gasteiger partial charge on any atom is 0.162 e. The second kappa shape index (κ2) is 7.61. The molecule has 0 saturated carbocycles. The van der Waals surface area contributed by atoms with Gasteiger partial charge in [0, 0.05) is 28.2 Å². The monoisotopic (exact) mass is 483 g/mol. The van der Waals surface area contributed by atoms with Crippen LogP contribution in [-0.2, 0) is 4.79 Å². The van der Waals surface area contributed by atoms with E-state index in [1.807, 2.05) is 38.1 Å². The van der Waals surface area contributed by atoms with E-state index in [4.69, 9.17) is 5.73 Å². The third-order valence-electron chi connectivity index (χ3n) is 5.75. The first-order valence-electron chi connectivity index (χ1n) is 9.80. The lowest BCUT2D eigenvalue weighted by Crippen LogP contribution is -2.42. The minimum absolute atomic E-state index is 0.00947. The number of anilines is 1. The van der Waals surface area contributed by atoms with Crippen molar-refractivity contribution in [3.8, 4) is 6.07 Å².